The number of hydrogen-bond acceptors (Lipinski definition) is 4. The maximum absolute atomic E-state index is 12.4. The summed E-state index contributed by atoms with van der Waals surface area (Å²) < 4.78 is 0. The van der Waals surface area contributed by atoms with E-state index in [0.717, 1.165) is 49.9 Å². The van der Waals surface area contributed by atoms with Crippen LogP contribution in [0.25, 0.3) is 0 Å². The van der Waals surface area contributed by atoms with Crippen molar-refractivity contribution >= 4 is 17.9 Å². The predicted molar refractivity (Wildman–Crippen MR) is 94.4 cm³/mol. The first-order valence-electron chi connectivity index (χ1n) is 10.0. The molecular weight excluding hydrogens is 334 g/mol. The lowest BCUT2D eigenvalue weighted by molar-refractivity contribution is -0.145. The number of piperidine rings is 1. The largest absolute Gasteiger partial charge is 0.480 e. The minimum absolute atomic E-state index is 0.0364. The Bertz CT molecular complexity index is 570. The van der Waals surface area contributed by atoms with Gasteiger partial charge in [-0.25, -0.2) is 4.79 Å². The average Bonchev–Trinajstić information content (AvgIpc) is 2.52. The van der Waals surface area contributed by atoms with E-state index >= 15 is 0 Å². The maximum Gasteiger partial charge on any atom is 0.321 e. The van der Waals surface area contributed by atoms with Gasteiger partial charge in [-0.2, -0.15) is 0 Å². The molecule has 4 saturated carbocycles. The number of aliphatic carboxylic acids is 1. The minimum Gasteiger partial charge on any atom is -0.480 e. The molecule has 4 aliphatic carbocycles. The Hall–Kier alpha value is -1.63. The van der Waals surface area contributed by atoms with Gasteiger partial charge in [-0.05, 0) is 75.7 Å². The highest BCUT2D eigenvalue weighted by Gasteiger charge is 2.51. The summed E-state index contributed by atoms with van der Waals surface area (Å²) in [4.78, 5) is 37.7. The molecule has 7 heteroatoms. The smallest absolute Gasteiger partial charge is 0.321 e. The third-order valence-corrected chi connectivity index (χ3v) is 6.92. The number of rotatable bonds is 4. The van der Waals surface area contributed by atoms with E-state index in [1.807, 2.05) is 0 Å². The van der Waals surface area contributed by atoms with Gasteiger partial charge in [-0.15, -0.1) is 0 Å². The van der Waals surface area contributed by atoms with Crippen LogP contribution in [0.5, 0.6) is 0 Å². The third kappa shape index (κ3) is 3.59. The number of nitrogens with one attached hydrogen (secondary N) is 2. The summed E-state index contributed by atoms with van der Waals surface area (Å²) >= 11 is 0. The number of carbonyl (C=O) groups excluding carboxylic acids is 2. The van der Waals surface area contributed by atoms with Gasteiger partial charge in [-0.3, -0.25) is 19.8 Å². The Morgan fingerprint density at radius 1 is 1.00 bits per heavy atom. The van der Waals surface area contributed by atoms with Crippen LogP contribution < -0.4 is 10.6 Å². The molecule has 3 N–H and O–H groups in total. The van der Waals surface area contributed by atoms with Crippen molar-refractivity contribution in [3.8, 4) is 0 Å². The summed E-state index contributed by atoms with van der Waals surface area (Å²) in [6.45, 7) is 0.548. The van der Waals surface area contributed by atoms with Crippen LogP contribution in [0, 0.1) is 17.8 Å². The van der Waals surface area contributed by atoms with Gasteiger partial charge in [0.15, 0.2) is 0 Å². The first kappa shape index (κ1) is 17.8. The minimum atomic E-state index is -0.893. The number of imide groups is 1. The molecule has 26 heavy (non-hydrogen) atoms. The Balaban J connectivity index is 1.30. The normalized spacial score (nSPS) is 38.8. The molecular formula is C19H29N3O4. The summed E-state index contributed by atoms with van der Waals surface area (Å²) in [5.74, 6) is 0.863. The van der Waals surface area contributed by atoms with E-state index in [-0.39, 0.29) is 12.1 Å². The lowest BCUT2D eigenvalue weighted by Crippen LogP contribution is -2.62. The molecule has 0 aromatic carbocycles. The number of carboxylic acids is 1. The van der Waals surface area contributed by atoms with Crippen LogP contribution in [0.15, 0.2) is 0 Å². The van der Waals surface area contributed by atoms with E-state index in [9.17, 15) is 19.5 Å². The van der Waals surface area contributed by atoms with Crippen LogP contribution in [0.4, 0.5) is 4.79 Å². The van der Waals surface area contributed by atoms with Crippen molar-refractivity contribution in [2.45, 2.75) is 69.4 Å². The number of nitrogens with zero attached hydrogens (tertiary/aromatic N) is 1. The van der Waals surface area contributed by atoms with Gasteiger partial charge in [0.2, 0.25) is 5.91 Å². The second kappa shape index (κ2) is 6.83. The molecule has 1 heterocycles. The van der Waals surface area contributed by atoms with E-state index in [1.165, 1.54) is 19.3 Å². The second-order valence-electron chi connectivity index (χ2n) is 9.02. The molecule has 0 radical (unpaired) electrons. The molecule has 5 rings (SSSR count). The highest BCUT2D eigenvalue weighted by atomic mass is 16.4. The first-order valence-corrected chi connectivity index (χ1v) is 10.0. The van der Waals surface area contributed by atoms with E-state index < -0.39 is 23.9 Å². The summed E-state index contributed by atoms with van der Waals surface area (Å²) in [5.41, 5.74) is -0.131. The number of hydrogen-bond donors (Lipinski definition) is 3. The summed E-state index contributed by atoms with van der Waals surface area (Å²) in [5, 5.41) is 14.9. The second-order valence-corrected chi connectivity index (χ2v) is 9.02. The van der Waals surface area contributed by atoms with E-state index in [4.69, 9.17) is 0 Å². The summed E-state index contributed by atoms with van der Waals surface area (Å²) in [6, 6.07) is -1.04. The van der Waals surface area contributed by atoms with Crippen molar-refractivity contribution in [2.75, 3.05) is 13.1 Å². The number of urea groups is 1. The number of carbonyl (C=O) groups is 3. The fraction of sp³-hybridized carbons (Fsp3) is 0.842. The Labute approximate surface area is 153 Å². The molecule has 1 atom stereocenters. The van der Waals surface area contributed by atoms with Crippen LogP contribution in [0.1, 0.15) is 57.8 Å². The van der Waals surface area contributed by atoms with Crippen molar-refractivity contribution in [3.05, 3.63) is 0 Å². The van der Waals surface area contributed by atoms with Crippen LogP contribution in [0.2, 0.25) is 0 Å². The molecule has 3 amide bonds. The number of amides is 3. The van der Waals surface area contributed by atoms with Crippen molar-refractivity contribution < 1.29 is 19.5 Å². The van der Waals surface area contributed by atoms with Gasteiger partial charge >= 0.3 is 12.0 Å². The number of carboxylic acid groups (broad SMARTS) is 1. The van der Waals surface area contributed by atoms with Gasteiger partial charge in [0, 0.05) is 5.54 Å². The molecule has 1 aliphatic heterocycles. The number of likely N-dealkylation sites (tertiary alicyclic amines) is 1. The highest BCUT2D eigenvalue weighted by molar-refractivity contribution is 5.95. The molecule has 5 aliphatic rings. The van der Waals surface area contributed by atoms with E-state index in [0.29, 0.717) is 13.0 Å². The van der Waals surface area contributed by atoms with Gasteiger partial charge < -0.3 is 10.4 Å². The zero-order valence-corrected chi connectivity index (χ0v) is 15.2. The lowest BCUT2D eigenvalue weighted by Gasteiger charge is -2.56. The van der Waals surface area contributed by atoms with Crippen LogP contribution in [-0.2, 0) is 9.59 Å². The van der Waals surface area contributed by atoms with Crippen LogP contribution in [0.3, 0.4) is 0 Å². The standard InChI is InChI=1S/C19H29N3O4/c23-16(11-22-4-2-1-3-15(22)17(24)25)20-18(26)21-19-8-12-5-13(9-19)7-14(6-12)10-19/h12-15H,1-11H2,(H,24,25)(H2,20,21,23,26). The fourth-order valence-electron chi connectivity index (χ4n) is 6.35. The van der Waals surface area contributed by atoms with E-state index in [2.05, 4.69) is 10.6 Å². The monoisotopic (exact) mass is 363 g/mol. The molecule has 1 saturated heterocycles. The lowest BCUT2D eigenvalue weighted by atomic mass is 9.53. The maximum atomic E-state index is 12.4. The van der Waals surface area contributed by atoms with Crippen molar-refractivity contribution in [1.82, 2.24) is 15.5 Å². The first-order chi connectivity index (χ1) is 12.4. The molecule has 144 valence electrons. The van der Waals surface area contributed by atoms with Crippen molar-refractivity contribution in [3.63, 3.8) is 0 Å². The fourth-order valence-corrected chi connectivity index (χ4v) is 6.35. The van der Waals surface area contributed by atoms with E-state index in [1.54, 1.807) is 4.90 Å². The van der Waals surface area contributed by atoms with Crippen molar-refractivity contribution in [2.24, 2.45) is 17.8 Å². The quantitative estimate of drug-likeness (QED) is 0.706. The molecule has 0 aromatic heterocycles. The zero-order chi connectivity index (χ0) is 18.3. The molecule has 0 spiro atoms. The Morgan fingerprint density at radius 3 is 2.19 bits per heavy atom. The van der Waals surface area contributed by atoms with Crippen LogP contribution >= 0.6 is 0 Å². The van der Waals surface area contributed by atoms with Gasteiger partial charge in [0.05, 0.1) is 6.54 Å². The SMILES string of the molecule is O=C(CN1CCCCC1C(=O)O)NC(=O)NC12CC3CC(CC(C3)C1)C2. The summed E-state index contributed by atoms with van der Waals surface area (Å²) in [7, 11) is 0. The molecule has 1 unspecified atom stereocenters. The predicted octanol–water partition coefficient (Wildman–Crippen LogP) is 1.72. The van der Waals surface area contributed by atoms with Crippen molar-refractivity contribution in [1.29, 1.82) is 0 Å². The van der Waals surface area contributed by atoms with Gasteiger partial charge in [0.25, 0.3) is 0 Å². The topological polar surface area (TPSA) is 98.7 Å². The van der Waals surface area contributed by atoms with Gasteiger partial charge in [-0.1, -0.05) is 6.42 Å². The van der Waals surface area contributed by atoms with Crippen LogP contribution in [-0.4, -0.2) is 52.6 Å². The molecule has 0 aromatic rings. The Morgan fingerprint density at radius 2 is 1.62 bits per heavy atom. The van der Waals surface area contributed by atoms with Gasteiger partial charge in [0.1, 0.15) is 6.04 Å². The molecule has 5 fully saturated rings. The zero-order valence-electron chi connectivity index (χ0n) is 15.2. The summed E-state index contributed by atoms with van der Waals surface area (Å²) in [6.07, 6.45) is 9.31. The average molecular weight is 363 g/mol. The highest BCUT2D eigenvalue weighted by Crippen LogP contribution is 2.55. The Kier molecular flexibility index (Phi) is 4.67. The third-order valence-electron chi connectivity index (χ3n) is 6.92. The molecule has 7 nitrogen and oxygen atoms in total. The molecule has 4 bridgehead atoms.